The average Bonchev–Trinajstić information content (AvgIpc) is 3.10. The highest BCUT2D eigenvalue weighted by Gasteiger charge is 2.27. The molecule has 1 fully saturated rings. The molecule has 0 bridgehead atoms. The zero-order valence-electron chi connectivity index (χ0n) is 12.0. The highest BCUT2D eigenvalue weighted by atomic mass is 15.5. The molecular formula is C16H22N4. The average molecular weight is 270 g/mol. The lowest BCUT2D eigenvalue weighted by atomic mass is 9.89. The zero-order valence-corrected chi connectivity index (χ0v) is 12.0. The first-order valence-electron chi connectivity index (χ1n) is 7.43. The van der Waals surface area contributed by atoms with E-state index in [-0.39, 0.29) is 0 Å². The first-order valence-corrected chi connectivity index (χ1v) is 7.43. The summed E-state index contributed by atoms with van der Waals surface area (Å²) in [5.41, 5.74) is 2.48. The number of nitrogens with one attached hydrogen (secondary N) is 1. The van der Waals surface area contributed by atoms with Crippen LogP contribution in [0, 0.1) is 5.41 Å². The number of aromatic nitrogens is 3. The van der Waals surface area contributed by atoms with Crippen LogP contribution in [0.5, 0.6) is 0 Å². The summed E-state index contributed by atoms with van der Waals surface area (Å²) < 4.78 is 0. The van der Waals surface area contributed by atoms with Crippen molar-refractivity contribution in [2.24, 2.45) is 5.41 Å². The van der Waals surface area contributed by atoms with E-state index in [1.54, 1.807) is 4.80 Å². The molecule has 1 saturated carbocycles. The molecular weight excluding hydrogens is 248 g/mol. The summed E-state index contributed by atoms with van der Waals surface area (Å²) in [5, 5.41) is 12.4. The first kappa shape index (κ1) is 13.3. The van der Waals surface area contributed by atoms with Gasteiger partial charge in [0.15, 0.2) is 0 Å². The Morgan fingerprint density at radius 3 is 2.70 bits per heavy atom. The lowest BCUT2D eigenvalue weighted by Gasteiger charge is -2.23. The van der Waals surface area contributed by atoms with Crippen molar-refractivity contribution >= 4 is 0 Å². The number of benzene rings is 1. The van der Waals surface area contributed by atoms with Crippen LogP contribution in [0.25, 0.3) is 5.69 Å². The van der Waals surface area contributed by atoms with Crippen LogP contribution in [0.2, 0.25) is 0 Å². The summed E-state index contributed by atoms with van der Waals surface area (Å²) in [6, 6.07) is 10.0. The molecule has 0 atom stereocenters. The van der Waals surface area contributed by atoms with Gasteiger partial charge in [0.1, 0.15) is 0 Å². The molecule has 0 saturated heterocycles. The summed E-state index contributed by atoms with van der Waals surface area (Å²) in [5.74, 6) is 0. The minimum absolute atomic E-state index is 0.482. The lowest BCUT2D eigenvalue weighted by molar-refractivity contribution is 0.314. The molecule has 0 amide bonds. The van der Waals surface area contributed by atoms with Gasteiger partial charge < -0.3 is 5.32 Å². The Kier molecular flexibility index (Phi) is 3.83. The smallest absolute Gasteiger partial charge is 0.0969 e. The first-order chi connectivity index (χ1) is 9.75. The Balaban J connectivity index is 1.55. The van der Waals surface area contributed by atoms with Gasteiger partial charge in [-0.1, -0.05) is 38.0 Å². The summed E-state index contributed by atoms with van der Waals surface area (Å²) in [6.07, 6.45) is 7.29. The minimum atomic E-state index is 0.482. The Labute approximate surface area is 120 Å². The van der Waals surface area contributed by atoms with E-state index in [0.29, 0.717) is 5.41 Å². The maximum absolute atomic E-state index is 4.51. The molecule has 1 aromatic carbocycles. The van der Waals surface area contributed by atoms with Crippen molar-refractivity contribution < 1.29 is 0 Å². The minimum Gasteiger partial charge on any atom is -0.311 e. The molecule has 1 heterocycles. The zero-order chi connectivity index (χ0) is 13.8. The van der Waals surface area contributed by atoms with Crippen molar-refractivity contribution in [2.75, 3.05) is 6.54 Å². The van der Waals surface area contributed by atoms with Gasteiger partial charge in [-0.3, -0.25) is 0 Å². The second-order valence-electron chi connectivity index (χ2n) is 6.08. The molecule has 0 unspecified atom stereocenters. The summed E-state index contributed by atoms with van der Waals surface area (Å²) in [4.78, 5) is 1.69. The standard InChI is InChI=1S/C16H22N4/c1-16(9-5-6-10-16)13-17-11-14-12-18-20(19-14)15-7-3-2-4-8-15/h2-4,7-8,12,17H,5-6,9-11,13H2,1H3. The van der Waals surface area contributed by atoms with Gasteiger partial charge in [-0.05, 0) is 30.4 Å². The van der Waals surface area contributed by atoms with E-state index in [1.165, 1.54) is 25.7 Å². The van der Waals surface area contributed by atoms with Crippen molar-refractivity contribution in [3.8, 4) is 5.69 Å². The maximum atomic E-state index is 4.51. The van der Waals surface area contributed by atoms with Crippen LogP contribution in [0.3, 0.4) is 0 Å². The van der Waals surface area contributed by atoms with Crippen molar-refractivity contribution in [3.63, 3.8) is 0 Å². The van der Waals surface area contributed by atoms with Crippen LogP contribution in [0.4, 0.5) is 0 Å². The molecule has 4 heteroatoms. The molecule has 3 rings (SSSR count). The van der Waals surface area contributed by atoms with Gasteiger partial charge in [0.25, 0.3) is 0 Å². The fourth-order valence-electron chi connectivity index (χ4n) is 2.96. The number of hydrogen-bond donors (Lipinski definition) is 1. The molecule has 0 spiro atoms. The van der Waals surface area contributed by atoms with Crippen LogP contribution in [0.1, 0.15) is 38.3 Å². The Bertz CT molecular complexity index is 541. The van der Waals surface area contributed by atoms with Gasteiger partial charge in [0.05, 0.1) is 17.6 Å². The molecule has 1 aliphatic carbocycles. The Morgan fingerprint density at radius 2 is 1.95 bits per heavy atom. The van der Waals surface area contributed by atoms with E-state index in [1.807, 2.05) is 36.5 Å². The molecule has 1 aromatic heterocycles. The normalized spacial score (nSPS) is 17.4. The Hall–Kier alpha value is -1.68. The predicted octanol–water partition coefficient (Wildman–Crippen LogP) is 2.94. The van der Waals surface area contributed by atoms with Crippen LogP contribution in [0.15, 0.2) is 36.5 Å². The highest BCUT2D eigenvalue weighted by molar-refractivity contribution is 5.28. The van der Waals surface area contributed by atoms with Crippen LogP contribution < -0.4 is 5.32 Å². The third-order valence-electron chi connectivity index (χ3n) is 4.19. The van der Waals surface area contributed by atoms with Crippen molar-refractivity contribution in [2.45, 2.75) is 39.2 Å². The van der Waals surface area contributed by atoms with Crippen molar-refractivity contribution in [1.82, 2.24) is 20.3 Å². The van der Waals surface area contributed by atoms with E-state index in [4.69, 9.17) is 0 Å². The molecule has 106 valence electrons. The van der Waals surface area contributed by atoms with Gasteiger partial charge >= 0.3 is 0 Å². The molecule has 20 heavy (non-hydrogen) atoms. The van der Waals surface area contributed by atoms with Crippen molar-refractivity contribution in [1.29, 1.82) is 0 Å². The third-order valence-corrected chi connectivity index (χ3v) is 4.19. The second-order valence-corrected chi connectivity index (χ2v) is 6.08. The molecule has 0 radical (unpaired) electrons. The van der Waals surface area contributed by atoms with Gasteiger partial charge in [-0.25, -0.2) is 0 Å². The third kappa shape index (κ3) is 3.07. The van der Waals surface area contributed by atoms with Gasteiger partial charge in [0, 0.05) is 13.1 Å². The van der Waals surface area contributed by atoms with Crippen LogP contribution in [-0.2, 0) is 6.54 Å². The van der Waals surface area contributed by atoms with E-state index in [2.05, 4.69) is 22.4 Å². The summed E-state index contributed by atoms with van der Waals surface area (Å²) in [6.45, 7) is 4.25. The number of nitrogens with zero attached hydrogens (tertiary/aromatic N) is 3. The molecule has 4 nitrogen and oxygen atoms in total. The quantitative estimate of drug-likeness (QED) is 0.908. The fourth-order valence-corrected chi connectivity index (χ4v) is 2.96. The molecule has 1 N–H and O–H groups in total. The number of para-hydroxylation sites is 1. The predicted molar refractivity (Wildman–Crippen MR) is 79.6 cm³/mol. The van der Waals surface area contributed by atoms with Gasteiger partial charge in [-0.15, -0.1) is 0 Å². The van der Waals surface area contributed by atoms with E-state index in [9.17, 15) is 0 Å². The highest BCUT2D eigenvalue weighted by Crippen LogP contribution is 2.36. The van der Waals surface area contributed by atoms with Crippen molar-refractivity contribution in [3.05, 3.63) is 42.2 Å². The maximum Gasteiger partial charge on any atom is 0.0969 e. The number of hydrogen-bond acceptors (Lipinski definition) is 3. The molecule has 0 aliphatic heterocycles. The van der Waals surface area contributed by atoms with Gasteiger partial charge in [-0.2, -0.15) is 15.0 Å². The van der Waals surface area contributed by atoms with E-state index < -0.39 is 0 Å². The monoisotopic (exact) mass is 270 g/mol. The van der Waals surface area contributed by atoms with E-state index in [0.717, 1.165) is 24.5 Å². The van der Waals surface area contributed by atoms with Crippen LogP contribution >= 0.6 is 0 Å². The van der Waals surface area contributed by atoms with Crippen LogP contribution in [-0.4, -0.2) is 21.5 Å². The fraction of sp³-hybridized carbons (Fsp3) is 0.500. The number of rotatable bonds is 5. The lowest BCUT2D eigenvalue weighted by Crippen LogP contribution is -2.29. The van der Waals surface area contributed by atoms with E-state index >= 15 is 0 Å². The topological polar surface area (TPSA) is 42.7 Å². The SMILES string of the molecule is CC1(CNCc2cnn(-c3ccccc3)n2)CCCC1. The summed E-state index contributed by atoms with van der Waals surface area (Å²) >= 11 is 0. The molecule has 1 aliphatic rings. The van der Waals surface area contributed by atoms with Gasteiger partial charge in [0.2, 0.25) is 0 Å². The Morgan fingerprint density at radius 1 is 1.20 bits per heavy atom. The summed E-state index contributed by atoms with van der Waals surface area (Å²) in [7, 11) is 0. The molecule has 2 aromatic rings. The largest absolute Gasteiger partial charge is 0.311 e. The second kappa shape index (κ2) is 5.75.